The third kappa shape index (κ3) is 6.15. The van der Waals surface area contributed by atoms with Crippen molar-refractivity contribution < 1.29 is 37.7 Å². The Morgan fingerprint density at radius 1 is 1.00 bits per heavy atom. The van der Waals surface area contributed by atoms with Crippen LogP contribution < -0.4 is 9.46 Å². The first kappa shape index (κ1) is 36.6. The number of allylic oxidation sites excluding steroid dienone is 2. The van der Waals surface area contributed by atoms with Crippen molar-refractivity contribution >= 4 is 21.9 Å². The Hall–Kier alpha value is -2.69. The number of hydrogen-bond acceptors (Lipinski definition) is 8. The molecule has 48 heavy (non-hydrogen) atoms. The topological polar surface area (TPSA) is 139 Å². The average Bonchev–Trinajstić information content (AvgIpc) is 3.28. The van der Waals surface area contributed by atoms with Crippen molar-refractivity contribution in [2.45, 2.75) is 123 Å². The highest BCUT2D eigenvalue weighted by Crippen LogP contribution is 2.74. The molecule has 1 aromatic carbocycles. The van der Waals surface area contributed by atoms with Crippen LogP contribution in [0, 0.1) is 39.9 Å². The van der Waals surface area contributed by atoms with Crippen LogP contribution in [0.5, 0.6) is 5.75 Å². The molecule has 0 saturated heterocycles. The monoisotopic (exact) mass is 685 g/mol. The van der Waals surface area contributed by atoms with Gasteiger partial charge in [-0.05, 0) is 135 Å². The lowest BCUT2D eigenvalue weighted by Crippen LogP contribution is -2.65. The number of rotatable bonds is 8. The van der Waals surface area contributed by atoms with Gasteiger partial charge in [0.2, 0.25) is 0 Å². The van der Waals surface area contributed by atoms with Gasteiger partial charge < -0.3 is 19.7 Å². The van der Waals surface area contributed by atoms with Crippen LogP contribution in [0.2, 0.25) is 0 Å². The van der Waals surface area contributed by atoms with E-state index < -0.39 is 39.5 Å². The molecule has 5 rings (SSSR count). The minimum absolute atomic E-state index is 0.0457. The number of hydrogen-bond donors (Lipinski definition) is 3. The number of esters is 1. The van der Waals surface area contributed by atoms with Gasteiger partial charge in [-0.25, -0.2) is 13.1 Å². The fourth-order valence-electron chi connectivity index (χ4n) is 10.8. The van der Waals surface area contributed by atoms with Gasteiger partial charge in [-0.1, -0.05) is 39.3 Å². The largest absolute Gasteiger partial charge is 0.497 e. The third-order valence-electron chi connectivity index (χ3n) is 13.2. The van der Waals surface area contributed by atoms with E-state index in [4.69, 9.17) is 9.47 Å². The lowest BCUT2D eigenvalue weighted by molar-refractivity contribution is -0.234. The Morgan fingerprint density at radius 2 is 1.67 bits per heavy atom. The van der Waals surface area contributed by atoms with Gasteiger partial charge in [0.1, 0.15) is 11.9 Å². The van der Waals surface area contributed by atoms with Crippen LogP contribution in [-0.2, 0) is 24.3 Å². The van der Waals surface area contributed by atoms with Crippen molar-refractivity contribution in [2.75, 3.05) is 7.11 Å². The number of carbonyl (C=O) groups is 2. The van der Waals surface area contributed by atoms with Gasteiger partial charge in [0.25, 0.3) is 15.9 Å². The van der Waals surface area contributed by atoms with E-state index in [1.165, 1.54) is 38.3 Å². The normalized spacial score (nSPS) is 38.5. The van der Waals surface area contributed by atoms with E-state index in [-0.39, 0.29) is 51.9 Å². The number of methoxy groups -OCH3 is 1. The first-order chi connectivity index (χ1) is 22.4. The summed E-state index contributed by atoms with van der Waals surface area (Å²) in [5.74, 6) is -0.653. The molecule has 4 fully saturated rings. The van der Waals surface area contributed by atoms with Crippen LogP contribution in [0.3, 0.4) is 0 Å². The molecule has 10 atom stereocenters. The van der Waals surface area contributed by atoms with E-state index in [2.05, 4.69) is 32.4 Å². The van der Waals surface area contributed by atoms with Crippen LogP contribution in [0.25, 0.3) is 0 Å². The van der Waals surface area contributed by atoms with Gasteiger partial charge >= 0.3 is 5.97 Å². The SMILES string of the molecule is COc1ccc(S(=O)(=O)NC(=O)/C(CCC=C(C)C)=C2\[C@@H](OC(C)=O)C[C@@]3(C)[C@H]2C[C@@H](O)C2[C@]3(C)CC[C@H]3[C@H](C)[C@H](O)CC[C@]23C)cc1. The Kier molecular flexibility index (Phi) is 10.1. The van der Waals surface area contributed by atoms with Crippen LogP contribution in [0.15, 0.2) is 52.0 Å². The van der Waals surface area contributed by atoms with E-state index in [1.807, 2.05) is 19.9 Å². The van der Waals surface area contributed by atoms with Gasteiger partial charge in [-0.3, -0.25) is 9.59 Å². The lowest BCUT2D eigenvalue weighted by Gasteiger charge is -2.69. The minimum Gasteiger partial charge on any atom is -0.497 e. The molecule has 1 aromatic rings. The number of sulfonamides is 1. The second-order valence-electron chi connectivity index (χ2n) is 16.0. The van der Waals surface area contributed by atoms with Crippen LogP contribution in [-0.4, -0.2) is 55.9 Å². The van der Waals surface area contributed by atoms with Crippen molar-refractivity contribution in [2.24, 2.45) is 39.9 Å². The van der Waals surface area contributed by atoms with Gasteiger partial charge in [-0.2, -0.15) is 0 Å². The third-order valence-corrected chi connectivity index (χ3v) is 14.5. The molecular formula is C38H55NO8S. The van der Waals surface area contributed by atoms with Crippen molar-refractivity contribution in [3.63, 3.8) is 0 Å². The van der Waals surface area contributed by atoms with Crippen molar-refractivity contribution in [3.05, 3.63) is 47.1 Å². The molecule has 1 amide bonds. The second kappa shape index (κ2) is 13.2. The summed E-state index contributed by atoms with van der Waals surface area (Å²) in [7, 11) is -2.75. The first-order valence-corrected chi connectivity index (χ1v) is 19.0. The second-order valence-corrected chi connectivity index (χ2v) is 17.6. The molecule has 10 heteroatoms. The molecule has 0 spiro atoms. The number of aliphatic hydroxyl groups is 2. The van der Waals surface area contributed by atoms with E-state index in [0.717, 1.165) is 24.8 Å². The van der Waals surface area contributed by atoms with Gasteiger partial charge in [0.15, 0.2) is 0 Å². The number of aliphatic hydroxyl groups excluding tert-OH is 2. The molecule has 4 saturated carbocycles. The molecule has 0 aliphatic heterocycles. The molecule has 0 aromatic heterocycles. The van der Waals surface area contributed by atoms with E-state index in [0.29, 0.717) is 42.6 Å². The summed E-state index contributed by atoms with van der Waals surface area (Å²) in [4.78, 5) is 26.8. The molecule has 9 nitrogen and oxygen atoms in total. The van der Waals surface area contributed by atoms with Gasteiger partial charge in [-0.15, -0.1) is 0 Å². The highest BCUT2D eigenvalue weighted by Gasteiger charge is 2.70. The van der Waals surface area contributed by atoms with Crippen LogP contribution >= 0.6 is 0 Å². The smallest absolute Gasteiger partial charge is 0.303 e. The Morgan fingerprint density at radius 3 is 2.27 bits per heavy atom. The lowest BCUT2D eigenvalue weighted by atomic mass is 9.36. The Balaban J connectivity index is 1.61. The molecule has 1 unspecified atom stereocenters. The number of nitrogens with one attached hydrogen (secondary N) is 1. The zero-order chi connectivity index (χ0) is 35.4. The Bertz CT molecular complexity index is 1580. The number of benzene rings is 1. The van der Waals surface area contributed by atoms with E-state index in [1.54, 1.807) is 0 Å². The maximum atomic E-state index is 14.3. The van der Waals surface area contributed by atoms with E-state index in [9.17, 15) is 28.2 Å². The quantitative estimate of drug-likeness (QED) is 0.170. The standard InChI is InChI=1S/C38H55NO8S/c1-22(2)10-9-11-27(35(43)39-48(44,45)26-14-12-25(46-8)13-15-26)33-29-20-31(42)34-36(5)18-17-30(41)23(3)28(36)16-19-37(34,6)38(29,7)21-32(33)47-24(4)40/h10,12-15,23,28-32,34,41-42H,9,11,16-21H2,1-8H3,(H,39,43)/b33-27-/t23-,28-,29-,30+,31+,32-,34?,36-,37-,38-/m0/s1. The number of carbonyl (C=O) groups excluding carboxylic acids is 2. The summed E-state index contributed by atoms with van der Waals surface area (Å²) in [5, 5.41) is 23.0. The fourth-order valence-corrected chi connectivity index (χ4v) is 11.8. The van der Waals surface area contributed by atoms with Crippen molar-refractivity contribution in [1.82, 2.24) is 4.72 Å². The summed E-state index contributed by atoms with van der Waals surface area (Å²) in [5.41, 5.74) is 1.01. The highest BCUT2D eigenvalue weighted by atomic mass is 32.2. The minimum atomic E-state index is -4.24. The summed E-state index contributed by atoms with van der Waals surface area (Å²) >= 11 is 0. The number of amides is 1. The number of fused-ring (bicyclic) bond motifs is 5. The van der Waals surface area contributed by atoms with Crippen LogP contribution in [0.4, 0.5) is 0 Å². The predicted molar refractivity (Wildman–Crippen MR) is 183 cm³/mol. The van der Waals surface area contributed by atoms with Crippen molar-refractivity contribution in [1.29, 1.82) is 0 Å². The molecule has 0 bridgehead atoms. The summed E-state index contributed by atoms with van der Waals surface area (Å²) in [6.45, 7) is 14.2. The molecule has 0 radical (unpaired) electrons. The van der Waals surface area contributed by atoms with Gasteiger partial charge in [0.05, 0.1) is 24.2 Å². The summed E-state index contributed by atoms with van der Waals surface area (Å²) in [6.07, 6.45) is 5.15. The molecule has 0 heterocycles. The molecular weight excluding hydrogens is 630 g/mol. The Labute approximate surface area is 286 Å². The number of ether oxygens (including phenoxy) is 2. The molecule has 4 aliphatic rings. The zero-order valence-electron chi connectivity index (χ0n) is 29.8. The summed E-state index contributed by atoms with van der Waals surface area (Å²) in [6, 6.07) is 5.82. The highest BCUT2D eigenvalue weighted by molar-refractivity contribution is 7.90. The fraction of sp³-hybridized carbons (Fsp3) is 0.684. The van der Waals surface area contributed by atoms with E-state index >= 15 is 0 Å². The first-order valence-electron chi connectivity index (χ1n) is 17.5. The maximum absolute atomic E-state index is 14.3. The van der Waals surface area contributed by atoms with Crippen molar-refractivity contribution in [3.8, 4) is 5.75 Å². The summed E-state index contributed by atoms with van der Waals surface area (Å²) < 4.78 is 40.5. The molecule has 266 valence electrons. The zero-order valence-corrected chi connectivity index (χ0v) is 30.7. The van der Waals surface area contributed by atoms with Gasteiger partial charge in [0, 0.05) is 12.5 Å². The molecule has 3 N–H and O–H groups in total. The molecule has 4 aliphatic carbocycles. The predicted octanol–water partition coefficient (Wildman–Crippen LogP) is 6.10. The average molecular weight is 686 g/mol. The van der Waals surface area contributed by atoms with Crippen LogP contribution in [0.1, 0.15) is 99.8 Å². The maximum Gasteiger partial charge on any atom is 0.303 e.